The number of pyridine rings is 1. The molecule has 4 nitrogen and oxygen atoms in total. The zero-order valence-corrected chi connectivity index (χ0v) is 12.3. The fourth-order valence-corrected chi connectivity index (χ4v) is 2.01. The van der Waals surface area contributed by atoms with E-state index in [9.17, 15) is 4.79 Å². The Balaban J connectivity index is 2.16. The van der Waals surface area contributed by atoms with Crippen LogP contribution in [0.4, 0.5) is 0 Å². The van der Waals surface area contributed by atoms with E-state index in [-0.39, 0.29) is 0 Å². The van der Waals surface area contributed by atoms with Crippen LogP contribution in [0.3, 0.4) is 0 Å². The first-order valence-electron chi connectivity index (χ1n) is 5.85. The standard InChI is InChI=1S/C15H12BrNO3/c1-10-2-5-13(9-17-10)20-12-6-3-11(14(16)8-12)4-7-15(18)19/h2-9H,1H3,(H,18,19)/b7-4+. The minimum Gasteiger partial charge on any atom is -0.478 e. The molecule has 1 heterocycles. The lowest BCUT2D eigenvalue weighted by Crippen LogP contribution is -1.88. The maximum absolute atomic E-state index is 10.5. The monoisotopic (exact) mass is 333 g/mol. The molecule has 0 saturated carbocycles. The molecule has 1 aromatic heterocycles. The zero-order valence-electron chi connectivity index (χ0n) is 10.7. The summed E-state index contributed by atoms with van der Waals surface area (Å²) in [6.07, 6.45) is 4.26. The highest BCUT2D eigenvalue weighted by Gasteiger charge is 2.02. The van der Waals surface area contributed by atoms with Crippen molar-refractivity contribution in [3.63, 3.8) is 0 Å². The third-order valence-electron chi connectivity index (χ3n) is 2.50. The lowest BCUT2D eigenvalue weighted by atomic mass is 10.2. The lowest BCUT2D eigenvalue weighted by molar-refractivity contribution is -0.131. The van der Waals surface area contributed by atoms with Gasteiger partial charge < -0.3 is 9.84 Å². The number of benzene rings is 1. The molecule has 0 aliphatic carbocycles. The van der Waals surface area contributed by atoms with Crippen molar-refractivity contribution in [3.8, 4) is 11.5 Å². The average Bonchev–Trinajstić information content (AvgIpc) is 2.40. The molecule has 0 radical (unpaired) electrons. The average molecular weight is 334 g/mol. The topological polar surface area (TPSA) is 59.4 Å². The van der Waals surface area contributed by atoms with E-state index in [1.165, 1.54) is 6.08 Å². The van der Waals surface area contributed by atoms with E-state index >= 15 is 0 Å². The molecule has 0 aliphatic heterocycles. The van der Waals surface area contributed by atoms with Crippen molar-refractivity contribution in [2.75, 3.05) is 0 Å². The molecule has 20 heavy (non-hydrogen) atoms. The number of aliphatic carboxylic acids is 1. The SMILES string of the molecule is Cc1ccc(Oc2ccc(/C=C/C(=O)O)c(Br)c2)cn1. The number of hydrogen-bond acceptors (Lipinski definition) is 3. The van der Waals surface area contributed by atoms with Gasteiger partial charge in [-0.25, -0.2) is 4.79 Å². The maximum Gasteiger partial charge on any atom is 0.328 e. The van der Waals surface area contributed by atoms with Gasteiger partial charge in [0.25, 0.3) is 0 Å². The van der Waals surface area contributed by atoms with Crippen LogP contribution < -0.4 is 4.74 Å². The second-order valence-electron chi connectivity index (χ2n) is 4.09. The van der Waals surface area contributed by atoms with Crippen LogP contribution in [0.2, 0.25) is 0 Å². The summed E-state index contributed by atoms with van der Waals surface area (Å²) in [6.45, 7) is 1.91. The van der Waals surface area contributed by atoms with Gasteiger partial charge in [-0.1, -0.05) is 22.0 Å². The summed E-state index contributed by atoms with van der Waals surface area (Å²) in [4.78, 5) is 14.6. The van der Waals surface area contributed by atoms with Crippen molar-refractivity contribution in [3.05, 3.63) is 58.3 Å². The predicted molar refractivity (Wildman–Crippen MR) is 79.9 cm³/mol. The fourth-order valence-electron chi connectivity index (χ4n) is 1.52. The minimum atomic E-state index is -0.983. The fraction of sp³-hybridized carbons (Fsp3) is 0.0667. The Kier molecular flexibility index (Phi) is 4.53. The molecule has 102 valence electrons. The number of carboxylic acids is 1. The lowest BCUT2D eigenvalue weighted by Gasteiger charge is -2.07. The van der Waals surface area contributed by atoms with Crippen LogP contribution in [-0.2, 0) is 4.79 Å². The molecule has 2 aromatic rings. The first-order chi connectivity index (χ1) is 9.54. The van der Waals surface area contributed by atoms with E-state index in [1.54, 1.807) is 24.4 Å². The van der Waals surface area contributed by atoms with Gasteiger partial charge in [0.15, 0.2) is 0 Å². The van der Waals surface area contributed by atoms with Crippen molar-refractivity contribution in [1.29, 1.82) is 0 Å². The number of nitrogens with zero attached hydrogens (tertiary/aromatic N) is 1. The number of ether oxygens (including phenoxy) is 1. The number of aromatic nitrogens is 1. The van der Waals surface area contributed by atoms with Crippen molar-refractivity contribution < 1.29 is 14.6 Å². The van der Waals surface area contributed by atoms with E-state index in [0.717, 1.165) is 21.8 Å². The second-order valence-corrected chi connectivity index (χ2v) is 4.95. The van der Waals surface area contributed by atoms with Gasteiger partial charge in [0.1, 0.15) is 11.5 Å². The van der Waals surface area contributed by atoms with Gasteiger partial charge in [-0.05, 0) is 42.8 Å². The van der Waals surface area contributed by atoms with Crippen molar-refractivity contribution in [2.45, 2.75) is 6.92 Å². The first kappa shape index (κ1) is 14.3. The molecule has 0 bridgehead atoms. The summed E-state index contributed by atoms with van der Waals surface area (Å²) < 4.78 is 6.42. The molecule has 2 rings (SSSR count). The zero-order chi connectivity index (χ0) is 14.5. The Morgan fingerprint density at radius 1 is 1.30 bits per heavy atom. The molecule has 0 fully saturated rings. The minimum absolute atomic E-state index is 0.648. The quantitative estimate of drug-likeness (QED) is 0.857. The third-order valence-corrected chi connectivity index (χ3v) is 3.18. The smallest absolute Gasteiger partial charge is 0.328 e. The Labute approximate surface area is 124 Å². The molecule has 0 aliphatic rings. The Morgan fingerprint density at radius 2 is 2.05 bits per heavy atom. The van der Waals surface area contributed by atoms with Gasteiger partial charge in [-0.15, -0.1) is 0 Å². The van der Waals surface area contributed by atoms with Crippen molar-refractivity contribution in [1.82, 2.24) is 4.98 Å². The molecule has 0 spiro atoms. The summed E-state index contributed by atoms with van der Waals surface area (Å²) in [6, 6.07) is 9.04. The normalized spacial score (nSPS) is 10.7. The number of halogens is 1. The van der Waals surface area contributed by atoms with Crippen molar-refractivity contribution in [2.24, 2.45) is 0 Å². The molecule has 0 atom stereocenters. The molecular weight excluding hydrogens is 322 g/mol. The largest absolute Gasteiger partial charge is 0.478 e. The Hall–Kier alpha value is -2.14. The van der Waals surface area contributed by atoms with Gasteiger partial charge in [-0.2, -0.15) is 0 Å². The number of aryl methyl sites for hydroxylation is 1. The summed E-state index contributed by atoms with van der Waals surface area (Å²) in [5, 5.41) is 8.60. The molecule has 5 heteroatoms. The van der Waals surface area contributed by atoms with Gasteiger partial charge >= 0.3 is 5.97 Å². The highest BCUT2D eigenvalue weighted by molar-refractivity contribution is 9.10. The molecule has 0 unspecified atom stereocenters. The van der Waals surface area contributed by atoms with Crippen LogP contribution in [-0.4, -0.2) is 16.1 Å². The van der Waals surface area contributed by atoms with E-state index in [2.05, 4.69) is 20.9 Å². The maximum atomic E-state index is 10.5. The molecule has 1 N–H and O–H groups in total. The van der Waals surface area contributed by atoms with Gasteiger partial charge in [0.2, 0.25) is 0 Å². The van der Waals surface area contributed by atoms with Crippen LogP contribution >= 0.6 is 15.9 Å². The third kappa shape index (κ3) is 3.93. The van der Waals surface area contributed by atoms with Crippen LogP contribution in [0.15, 0.2) is 47.1 Å². The van der Waals surface area contributed by atoms with Crippen LogP contribution in [0.5, 0.6) is 11.5 Å². The molecule has 0 amide bonds. The second kappa shape index (κ2) is 6.34. The predicted octanol–water partition coefficient (Wildman–Crippen LogP) is 4.04. The molecule has 0 saturated heterocycles. The van der Waals surface area contributed by atoms with Crippen LogP contribution in [0, 0.1) is 6.92 Å². The van der Waals surface area contributed by atoms with Crippen LogP contribution in [0.1, 0.15) is 11.3 Å². The highest BCUT2D eigenvalue weighted by Crippen LogP contribution is 2.27. The van der Waals surface area contributed by atoms with Gasteiger partial charge in [0.05, 0.1) is 6.20 Å². The summed E-state index contributed by atoms with van der Waals surface area (Å²) in [7, 11) is 0. The van der Waals surface area contributed by atoms with Crippen molar-refractivity contribution >= 4 is 28.0 Å². The molecule has 1 aromatic carbocycles. The summed E-state index contributed by atoms with van der Waals surface area (Å²) >= 11 is 3.38. The van der Waals surface area contributed by atoms with Gasteiger partial charge in [-0.3, -0.25) is 4.98 Å². The number of carbonyl (C=O) groups is 1. The number of rotatable bonds is 4. The number of carboxylic acid groups (broad SMARTS) is 1. The Morgan fingerprint density at radius 3 is 2.65 bits per heavy atom. The molecular formula is C15H12BrNO3. The van der Waals surface area contributed by atoms with E-state index in [1.807, 2.05) is 19.1 Å². The summed E-state index contributed by atoms with van der Waals surface area (Å²) in [5.74, 6) is 0.314. The first-order valence-corrected chi connectivity index (χ1v) is 6.65. The van der Waals surface area contributed by atoms with E-state index in [4.69, 9.17) is 9.84 Å². The summed E-state index contributed by atoms with van der Waals surface area (Å²) in [5.41, 5.74) is 1.69. The number of hydrogen-bond donors (Lipinski definition) is 1. The highest BCUT2D eigenvalue weighted by atomic mass is 79.9. The van der Waals surface area contributed by atoms with Gasteiger partial charge in [0, 0.05) is 16.2 Å². The van der Waals surface area contributed by atoms with E-state index < -0.39 is 5.97 Å². The van der Waals surface area contributed by atoms with E-state index in [0.29, 0.717) is 11.5 Å². The van der Waals surface area contributed by atoms with Crippen LogP contribution in [0.25, 0.3) is 6.08 Å². The Bertz CT molecular complexity index is 651.